The summed E-state index contributed by atoms with van der Waals surface area (Å²) >= 11 is 0. The molecule has 5 heteroatoms. The summed E-state index contributed by atoms with van der Waals surface area (Å²) in [6, 6.07) is 9.92. The molecule has 0 spiro atoms. The molecule has 0 bridgehead atoms. The highest BCUT2D eigenvalue weighted by Crippen LogP contribution is 2.28. The summed E-state index contributed by atoms with van der Waals surface area (Å²) in [4.78, 5) is 25.4. The number of rotatable bonds is 5. The van der Waals surface area contributed by atoms with Crippen LogP contribution in [0.25, 0.3) is 0 Å². The Morgan fingerprint density at radius 1 is 1.29 bits per heavy atom. The second-order valence-corrected chi connectivity index (χ2v) is 6.23. The highest BCUT2D eigenvalue weighted by Gasteiger charge is 2.24. The lowest BCUT2D eigenvalue weighted by molar-refractivity contribution is 0.0980. The number of anilines is 2. The van der Waals surface area contributed by atoms with Crippen LogP contribution in [0.3, 0.4) is 0 Å². The van der Waals surface area contributed by atoms with Gasteiger partial charge in [0.15, 0.2) is 0 Å². The van der Waals surface area contributed by atoms with Crippen LogP contribution in [0.5, 0.6) is 0 Å². The maximum absolute atomic E-state index is 13.0. The summed E-state index contributed by atoms with van der Waals surface area (Å²) in [7, 11) is 2.00. The molecule has 2 heterocycles. The van der Waals surface area contributed by atoms with Gasteiger partial charge >= 0.3 is 0 Å². The van der Waals surface area contributed by atoms with Crippen LogP contribution in [0.1, 0.15) is 42.2 Å². The van der Waals surface area contributed by atoms with E-state index in [9.17, 15) is 4.79 Å². The normalized spacial score (nSPS) is 13.5. The van der Waals surface area contributed by atoms with E-state index < -0.39 is 0 Å². The van der Waals surface area contributed by atoms with Crippen molar-refractivity contribution >= 4 is 17.4 Å². The smallest absolute Gasteiger partial charge is 0.277 e. The molecule has 0 saturated carbocycles. The number of unbranched alkanes of at least 4 members (excludes halogenated alkanes) is 1. The van der Waals surface area contributed by atoms with Crippen LogP contribution < -0.4 is 9.80 Å². The minimum absolute atomic E-state index is 0.0466. The summed E-state index contributed by atoms with van der Waals surface area (Å²) < 4.78 is 0. The Hall–Kier alpha value is -2.43. The Kier molecular flexibility index (Phi) is 5.08. The van der Waals surface area contributed by atoms with Gasteiger partial charge in [-0.15, -0.1) is 0 Å². The second-order valence-electron chi connectivity index (χ2n) is 6.23. The van der Waals surface area contributed by atoms with Gasteiger partial charge in [0.2, 0.25) is 0 Å². The average Bonchev–Trinajstić information content (AvgIpc) is 2.65. The monoisotopic (exact) mass is 324 g/mol. The number of hydrogen-bond acceptors (Lipinski definition) is 4. The number of nitrogens with zero attached hydrogens (tertiary/aromatic N) is 4. The van der Waals surface area contributed by atoms with Crippen LogP contribution in [0.2, 0.25) is 0 Å². The Morgan fingerprint density at radius 3 is 2.96 bits per heavy atom. The first-order valence-electron chi connectivity index (χ1n) is 8.63. The van der Waals surface area contributed by atoms with Crippen LogP contribution in [-0.2, 0) is 6.42 Å². The molecule has 0 aliphatic carbocycles. The third kappa shape index (κ3) is 3.40. The third-order valence-corrected chi connectivity index (χ3v) is 4.47. The Labute approximate surface area is 143 Å². The van der Waals surface area contributed by atoms with E-state index in [1.165, 1.54) is 11.9 Å². The molecule has 0 N–H and O–H groups in total. The summed E-state index contributed by atoms with van der Waals surface area (Å²) in [5.74, 6) is 0.752. The molecule has 0 atom stereocenters. The van der Waals surface area contributed by atoms with E-state index >= 15 is 0 Å². The largest absolute Gasteiger partial charge is 0.360 e. The van der Waals surface area contributed by atoms with Crippen molar-refractivity contribution in [1.82, 2.24) is 9.97 Å². The lowest BCUT2D eigenvalue weighted by atomic mass is 10.0. The molecular formula is C19H24N4O. The number of hydrogen-bond donors (Lipinski definition) is 0. The summed E-state index contributed by atoms with van der Waals surface area (Å²) in [6.07, 6.45) is 5.72. The molecule has 1 aromatic carbocycles. The van der Waals surface area contributed by atoms with Crippen LogP contribution in [-0.4, -0.2) is 36.0 Å². The summed E-state index contributed by atoms with van der Waals surface area (Å²) in [6.45, 7) is 3.82. The molecular weight excluding hydrogens is 300 g/mol. The van der Waals surface area contributed by atoms with Gasteiger partial charge < -0.3 is 9.80 Å². The van der Waals surface area contributed by atoms with Crippen molar-refractivity contribution in [3.05, 3.63) is 47.9 Å². The average molecular weight is 324 g/mol. The van der Waals surface area contributed by atoms with Crippen molar-refractivity contribution in [1.29, 1.82) is 0 Å². The predicted molar refractivity (Wildman–Crippen MR) is 96.6 cm³/mol. The predicted octanol–water partition coefficient (Wildman–Crippen LogP) is 3.31. The zero-order valence-corrected chi connectivity index (χ0v) is 14.4. The number of amides is 1. The van der Waals surface area contributed by atoms with Crippen LogP contribution in [0, 0.1) is 0 Å². The fourth-order valence-corrected chi connectivity index (χ4v) is 3.07. The van der Waals surface area contributed by atoms with Crippen LogP contribution >= 0.6 is 0 Å². The number of para-hydroxylation sites is 1. The van der Waals surface area contributed by atoms with E-state index in [0.717, 1.165) is 50.3 Å². The molecule has 1 aliphatic rings. The number of aromatic nitrogens is 2. The van der Waals surface area contributed by atoms with Crippen molar-refractivity contribution in [2.24, 2.45) is 0 Å². The fraction of sp³-hybridized carbons (Fsp3) is 0.421. The third-order valence-electron chi connectivity index (χ3n) is 4.47. The number of carbonyl (C=O) groups is 1. The molecule has 3 rings (SSSR count). The van der Waals surface area contributed by atoms with Crippen molar-refractivity contribution < 1.29 is 4.79 Å². The Bertz CT molecular complexity index is 716. The van der Waals surface area contributed by atoms with Crippen molar-refractivity contribution in [2.45, 2.75) is 32.6 Å². The van der Waals surface area contributed by atoms with Crippen molar-refractivity contribution in [3.63, 3.8) is 0 Å². The minimum atomic E-state index is -0.0466. The van der Waals surface area contributed by atoms with Gasteiger partial charge in [-0.3, -0.25) is 4.79 Å². The van der Waals surface area contributed by atoms with E-state index in [1.807, 2.05) is 30.1 Å². The van der Waals surface area contributed by atoms with Gasteiger partial charge in [-0.1, -0.05) is 31.5 Å². The summed E-state index contributed by atoms with van der Waals surface area (Å²) in [5, 5.41) is 0. The van der Waals surface area contributed by atoms with Crippen molar-refractivity contribution in [2.75, 3.05) is 29.9 Å². The molecule has 0 fully saturated rings. The SMILES string of the molecule is CCCCN(C)c1cc(C(=O)N2CCCc3ccccc32)ncn1. The zero-order chi connectivity index (χ0) is 16.9. The van der Waals surface area contributed by atoms with Gasteiger partial charge in [0, 0.05) is 31.9 Å². The summed E-state index contributed by atoms with van der Waals surface area (Å²) in [5.41, 5.74) is 2.69. The molecule has 1 aromatic heterocycles. The van der Waals surface area contributed by atoms with E-state index in [0.29, 0.717) is 5.69 Å². The van der Waals surface area contributed by atoms with Gasteiger partial charge in [0.05, 0.1) is 0 Å². The highest BCUT2D eigenvalue weighted by atomic mass is 16.2. The molecule has 5 nitrogen and oxygen atoms in total. The van der Waals surface area contributed by atoms with Crippen LogP contribution in [0.4, 0.5) is 11.5 Å². The van der Waals surface area contributed by atoms with E-state index in [1.54, 1.807) is 6.07 Å². The van der Waals surface area contributed by atoms with E-state index in [2.05, 4.69) is 27.9 Å². The maximum atomic E-state index is 13.0. The second kappa shape index (κ2) is 7.43. The molecule has 24 heavy (non-hydrogen) atoms. The van der Waals surface area contributed by atoms with Gasteiger partial charge in [-0.25, -0.2) is 9.97 Å². The van der Waals surface area contributed by atoms with Gasteiger partial charge in [0.25, 0.3) is 5.91 Å². The minimum Gasteiger partial charge on any atom is -0.360 e. The molecule has 2 aromatic rings. The lowest BCUT2D eigenvalue weighted by Gasteiger charge is -2.29. The highest BCUT2D eigenvalue weighted by molar-refractivity contribution is 6.05. The standard InChI is InChI=1S/C19H24N4O/c1-3-4-11-22(2)18-13-16(20-14-21-18)19(24)23-12-7-9-15-8-5-6-10-17(15)23/h5-6,8,10,13-14H,3-4,7,9,11-12H2,1-2H3. The quantitative estimate of drug-likeness (QED) is 0.847. The molecule has 0 saturated heterocycles. The van der Waals surface area contributed by atoms with Gasteiger partial charge in [-0.2, -0.15) is 0 Å². The maximum Gasteiger partial charge on any atom is 0.277 e. The first kappa shape index (κ1) is 16.4. The Morgan fingerprint density at radius 2 is 2.12 bits per heavy atom. The molecule has 126 valence electrons. The van der Waals surface area contributed by atoms with Crippen molar-refractivity contribution in [3.8, 4) is 0 Å². The topological polar surface area (TPSA) is 49.3 Å². The first-order valence-corrected chi connectivity index (χ1v) is 8.63. The number of carbonyl (C=O) groups excluding carboxylic acids is 1. The molecule has 1 aliphatic heterocycles. The van der Waals surface area contributed by atoms with Gasteiger partial charge in [0.1, 0.15) is 17.8 Å². The number of fused-ring (bicyclic) bond motifs is 1. The number of benzene rings is 1. The molecule has 0 radical (unpaired) electrons. The fourth-order valence-electron chi connectivity index (χ4n) is 3.07. The Balaban J connectivity index is 1.84. The lowest BCUT2D eigenvalue weighted by Crippen LogP contribution is -2.36. The van der Waals surface area contributed by atoms with E-state index in [-0.39, 0.29) is 5.91 Å². The molecule has 1 amide bonds. The molecule has 0 unspecified atom stereocenters. The first-order chi connectivity index (χ1) is 11.7. The van der Waals surface area contributed by atoms with Gasteiger partial charge in [-0.05, 0) is 30.9 Å². The van der Waals surface area contributed by atoms with Crippen LogP contribution in [0.15, 0.2) is 36.7 Å². The number of aryl methyl sites for hydroxylation is 1. The zero-order valence-electron chi connectivity index (χ0n) is 14.4. The van der Waals surface area contributed by atoms with E-state index in [4.69, 9.17) is 0 Å².